The van der Waals surface area contributed by atoms with E-state index in [1.54, 1.807) is 0 Å². The lowest BCUT2D eigenvalue weighted by atomic mass is 10.2. The van der Waals surface area contributed by atoms with Crippen molar-refractivity contribution >= 4 is 0 Å². The highest BCUT2D eigenvalue weighted by atomic mass is 16.3. The predicted octanol–water partition coefficient (Wildman–Crippen LogP) is 0.439. The average Bonchev–Trinajstić information content (AvgIpc) is 2.34. The molecule has 2 N–H and O–H groups in total. The summed E-state index contributed by atoms with van der Waals surface area (Å²) in [5.41, 5.74) is 0. The van der Waals surface area contributed by atoms with Crippen LogP contribution in [0.2, 0.25) is 0 Å². The molecule has 0 heterocycles. The third-order valence-electron chi connectivity index (χ3n) is 2.62. The van der Waals surface area contributed by atoms with Crippen LogP contribution in [0.3, 0.4) is 0 Å². The molecule has 0 aromatic rings. The first-order chi connectivity index (χ1) is 6.09. The Bertz CT molecular complexity index is 150. The standard InChI is InChI=1S/C10H22N2O/c1-8(7-12(2)3)11-9-5-4-6-10(9)13/h8-11,13H,4-7H2,1-3H3. The SMILES string of the molecule is CC(CN(C)C)NC1CCCC1O. The van der Waals surface area contributed by atoms with Gasteiger partial charge < -0.3 is 15.3 Å². The van der Waals surface area contributed by atoms with Crippen LogP contribution in [0.5, 0.6) is 0 Å². The van der Waals surface area contributed by atoms with E-state index in [2.05, 4.69) is 31.2 Å². The molecule has 1 aliphatic rings. The number of nitrogens with zero attached hydrogens (tertiary/aromatic N) is 1. The van der Waals surface area contributed by atoms with Crippen LogP contribution in [-0.4, -0.2) is 48.8 Å². The Labute approximate surface area is 81.1 Å². The highest BCUT2D eigenvalue weighted by Gasteiger charge is 2.25. The molecular weight excluding hydrogens is 164 g/mol. The second-order valence-corrected chi connectivity index (χ2v) is 4.43. The molecule has 0 saturated heterocycles. The number of hydrogen-bond acceptors (Lipinski definition) is 3. The summed E-state index contributed by atoms with van der Waals surface area (Å²) in [7, 11) is 4.15. The Kier molecular flexibility index (Phi) is 4.16. The van der Waals surface area contributed by atoms with Crippen LogP contribution in [0.4, 0.5) is 0 Å². The first-order valence-electron chi connectivity index (χ1n) is 5.18. The predicted molar refractivity (Wildman–Crippen MR) is 54.8 cm³/mol. The van der Waals surface area contributed by atoms with Gasteiger partial charge in [-0.15, -0.1) is 0 Å². The van der Waals surface area contributed by atoms with Gasteiger partial charge in [0.15, 0.2) is 0 Å². The van der Waals surface area contributed by atoms with Crippen LogP contribution >= 0.6 is 0 Å². The van der Waals surface area contributed by atoms with Crippen LogP contribution in [-0.2, 0) is 0 Å². The Morgan fingerprint density at radius 2 is 2.15 bits per heavy atom. The molecule has 1 fully saturated rings. The van der Waals surface area contributed by atoms with Crippen molar-refractivity contribution in [3.05, 3.63) is 0 Å². The minimum atomic E-state index is -0.121. The molecule has 3 nitrogen and oxygen atoms in total. The minimum absolute atomic E-state index is 0.121. The van der Waals surface area contributed by atoms with Gasteiger partial charge in [-0.05, 0) is 40.3 Å². The molecule has 1 rings (SSSR count). The Hall–Kier alpha value is -0.120. The van der Waals surface area contributed by atoms with Crippen molar-refractivity contribution in [1.29, 1.82) is 0 Å². The molecule has 3 unspecified atom stereocenters. The number of hydrogen-bond donors (Lipinski definition) is 2. The topological polar surface area (TPSA) is 35.5 Å². The van der Waals surface area contributed by atoms with Crippen molar-refractivity contribution in [2.75, 3.05) is 20.6 Å². The van der Waals surface area contributed by atoms with E-state index in [0.29, 0.717) is 12.1 Å². The molecule has 0 aromatic heterocycles. The highest BCUT2D eigenvalue weighted by molar-refractivity contribution is 4.84. The molecule has 0 radical (unpaired) electrons. The number of rotatable bonds is 4. The fraction of sp³-hybridized carbons (Fsp3) is 1.00. The number of aliphatic hydroxyl groups is 1. The summed E-state index contributed by atoms with van der Waals surface area (Å²) in [6.07, 6.45) is 3.13. The van der Waals surface area contributed by atoms with Crippen LogP contribution < -0.4 is 5.32 Å². The summed E-state index contributed by atoms with van der Waals surface area (Å²) in [6, 6.07) is 0.794. The van der Waals surface area contributed by atoms with Crippen molar-refractivity contribution < 1.29 is 5.11 Å². The van der Waals surface area contributed by atoms with Gasteiger partial charge in [-0.25, -0.2) is 0 Å². The Morgan fingerprint density at radius 3 is 2.62 bits per heavy atom. The van der Waals surface area contributed by atoms with Crippen molar-refractivity contribution in [3.8, 4) is 0 Å². The Morgan fingerprint density at radius 1 is 1.46 bits per heavy atom. The quantitative estimate of drug-likeness (QED) is 0.669. The highest BCUT2D eigenvalue weighted by Crippen LogP contribution is 2.19. The van der Waals surface area contributed by atoms with Crippen molar-refractivity contribution in [2.45, 2.75) is 44.4 Å². The fourth-order valence-corrected chi connectivity index (χ4v) is 2.10. The van der Waals surface area contributed by atoms with E-state index in [4.69, 9.17) is 0 Å². The lowest BCUT2D eigenvalue weighted by Crippen LogP contribution is -2.45. The van der Waals surface area contributed by atoms with E-state index < -0.39 is 0 Å². The smallest absolute Gasteiger partial charge is 0.0693 e. The summed E-state index contributed by atoms with van der Waals surface area (Å²) in [5, 5.41) is 13.1. The molecule has 0 aromatic carbocycles. The summed E-state index contributed by atoms with van der Waals surface area (Å²) in [5.74, 6) is 0. The molecule has 0 aliphatic heterocycles. The van der Waals surface area contributed by atoms with Crippen LogP contribution in [0.25, 0.3) is 0 Å². The van der Waals surface area contributed by atoms with Gasteiger partial charge in [-0.2, -0.15) is 0 Å². The summed E-state index contributed by atoms with van der Waals surface area (Å²) < 4.78 is 0. The molecule has 3 heteroatoms. The fourth-order valence-electron chi connectivity index (χ4n) is 2.10. The molecule has 0 amide bonds. The molecule has 0 bridgehead atoms. The maximum absolute atomic E-state index is 9.60. The van der Waals surface area contributed by atoms with Gasteiger partial charge in [-0.3, -0.25) is 0 Å². The summed E-state index contributed by atoms with van der Waals surface area (Å²) >= 11 is 0. The number of nitrogens with one attached hydrogen (secondary N) is 1. The second kappa shape index (κ2) is 4.94. The van der Waals surface area contributed by atoms with Gasteiger partial charge >= 0.3 is 0 Å². The summed E-state index contributed by atoms with van der Waals surface area (Å²) in [4.78, 5) is 2.17. The zero-order valence-electron chi connectivity index (χ0n) is 8.95. The average molecular weight is 186 g/mol. The molecular formula is C10H22N2O. The number of aliphatic hydroxyl groups excluding tert-OH is 1. The molecule has 0 spiro atoms. The van der Waals surface area contributed by atoms with Gasteiger partial charge in [0.1, 0.15) is 0 Å². The van der Waals surface area contributed by atoms with Gasteiger partial charge in [0, 0.05) is 18.6 Å². The molecule has 3 atom stereocenters. The van der Waals surface area contributed by atoms with E-state index in [-0.39, 0.29) is 6.10 Å². The maximum Gasteiger partial charge on any atom is 0.0693 e. The van der Waals surface area contributed by atoms with E-state index in [9.17, 15) is 5.11 Å². The largest absolute Gasteiger partial charge is 0.392 e. The first-order valence-corrected chi connectivity index (χ1v) is 5.18. The van der Waals surface area contributed by atoms with Crippen LogP contribution in [0.15, 0.2) is 0 Å². The van der Waals surface area contributed by atoms with Crippen molar-refractivity contribution in [1.82, 2.24) is 10.2 Å². The monoisotopic (exact) mass is 186 g/mol. The Balaban J connectivity index is 2.22. The molecule has 13 heavy (non-hydrogen) atoms. The van der Waals surface area contributed by atoms with E-state index >= 15 is 0 Å². The normalized spacial score (nSPS) is 31.2. The minimum Gasteiger partial charge on any atom is -0.392 e. The lowest BCUT2D eigenvalue weighted by Gasteiger charge is -2.24. The molecule has 78 valence electrons. The third-order valence-corrected chi connectivity index (χ3v) is 2.62. The lowest BCUT2D eigenvalue weighted by molar-refractivity contribution is 0.141. The maximum atomic E-state index is 9.60. The van der Waals surface area contributed by atoms with Gasteiger partial charge in [-0.1, -0.05) is 0 Å². The van der Waals surface area contributed by atoms with Gasteiger partial charge in [0.2, 0.25) is 0 Å². The van der Waals surface area contributed by atoms with Crippen molar-refractivity contribution in [3.63, 3.8) is 0 Å². The van der Waals surface area contributed by atoms with E-state index in [0.717, 1.165) is 25.8 Å². The second-order valence-electron chi connectivity index (χ2n) is 4.43. The van der Waals surface area contributed by atoms with Crippen LogP contribution in [0, 0.1) is 0 Å². The zero-order valence-corrected chi connectivity index (χ0v) is 8.95. The first kappa shape index (κ1) is 11.0. The van der Waals surface area contributed by atoms with Gasteiger partial charge in [0.25, 0.3) is 0 Å². The van der Waals surface area contributed by atoms with E-state index in [1.807, 2.05) is 0 Å². The molecule has 1 saturated carbocycles. The number of likely N-dealkylation sites (N-methyl/N-ethyl adjacent to an activating group) is 1. The summed E-state index contributed by atoms with van der Waals surface area (Å²) in [6.45, 7) is 3.20. The van der Waals surface area contributed by atoms with Crippen LogP contribution in [0.1, 0.15) is 26.2 Å². The van der Waals surface area contributed by atoms with E-state index in [1.165, 1.54) is 0 Å². The van der Waals surface area contributed by atoms with Gasteiger partial charge in [0.05, 0.1) is 6.10 Å². The third kappa shape index (κ3) is 3.63. The molecule has 1 aliphatic carbocycles. The zero-order chi connectivity index (χ0) is 9.84. The van der Waals surface area contributed by atoms with Crippen molar-refractivity contribution in [2.24, 2.45) is 0 Å².